The van der Waals surface area contributed by atoms with Gasteiger partial charge in [-0.25, -0.2) is 4.79 Å². The molecule has 1 N–H and O–H groups in total. The molecule has 0 atom stereocenters. The molecule has 0 aromatic carbocycles. The van der Waals surface area contributed by atoms with E-state index in [-0.39, 0.29) is 12.6 Å². The van der Waals surface area contributed by atoms with Gasteiger partial charge in [0, 0.05) is 45.9 Å². The number of hydrogen-bond donors (Lipinski definition) is 1. The van der Waals surface area contributed by atoms with Crippen molar-refractivity contribution in [1.82, 2.24) is 14.7 Å². The van der Waals surface area contributed by atoms with Crippen LogP contribution in [-0.2, 0) is 9.53 Å². The Kier molecular flexibility index (Phi) is 7.32. The minimum Gasteiger partial charge on any atom is -0.480 e. The lowest BCUT2D eigenvalue weighted by atomic mass is 10.3. The average molecular weight is 287 g/mol. The molecule has 0 radical (unpaired) electrons. The molecule has 1 aliphatic heterocycles. The van der Waals surface area contributed by atoms with E-state index in [0.29, 0.717) is 52.5 Å². The van der Waals surface area contributed by atoms with E-state index >= 15 is 0 Å². The van der Waals surface area contributed by atoms with Crippen molar-refractivity contribution in [3.05, 3.63) is 0 Å². The van der Waals surface area contributed by atoms with Gasteiger partial charge in [-0.1, -0.05) is 0 Å². The molecule has 116 valence electrons. The third kappa shape index (κ3) is 5.34. The van der Waals surface area contributed by atoms with Gasteiger partial charge in [0.25, 0.3) is 0 Å². The summed E-state index contributed by atoms with van der Waals surface area (Å²) >= 11 is 0. The lowest BCUT2D eigenvalue weighted by Crippen LogP contribution is -2.54. The number of urea groups is 1. The number of carbonyl (C=O) groups is 2. The first-order chi connectivity index (χ1) is 9.58. The maximum absolute atomic E-state index is 12.3. The smallest absolute Gasteiger partial charge is 0.320 e. The fourth-order valence-electron chi connectivity index (χ4n) is 2.20. The second-order valence-corrected chi connectivity index (χ2v) is 4.72. The minimum absolute atomic E-state index is 0.0159. The molecule has 0 spiro atoms. The summed E-state index contributed by atoms with van der Waals surface area (Å²) in [7, 11) is 0. The minimum atomic E-state index is -0.823. The fraction of sp³-hybridized carbons (Fsp3) is 0.846. The summed E-state index contributed by atoms with van der Waals surface area (Å²) in [6.45, 7) is 8.76. The van der Waals surface area contributed by atoms with Crippen LogP contribution in [0.2, 0.25) is 0 Å². The Morgan fingerprint density at radius 3 is 2.35 bits per heavy atom. The van der Waals surface area contributed by atoms with E-state index in [4.69, 9.17) is 9.84 Å². The van der Waals surface area contributed by atoms with Crippen LogP contribution in [0.4, 0.5) is 4.79 Å². The highest BCUT2D eigenvalue weighted by Gasteiger charge is 2.25. The van der Waals surface area contributed by atoms with E-state index in [1.54, 1.807) is 9.80 Å². The Morgan fingerprint density at radius 2 is 1.85 bits per heavy atom. The number of carbonyl (C=O) groups excluding carboxylic acids is 1. The van der Waals surface area contributed by atoms with Gasteiger partial charge in [0.15, 0.2) is 0 Å². The second kappa shape index (κ2) is 8.76. The van der Waals surface area contributed by atoms with Gasteiger partial charge in [-0.2, -0.15) is 0 Å². The van der Waals surface area contributed by atoms with Crippen molar-refractivity contribution >= 4 is 12.0 Å². The summed E-state index contributed by atoms with van der Waals surface area (Å²) < 4.78 is 5.28. The van der Waals surface area contributed by atoms with Crippen molar-refractivity contribution < 1.29 is 19.4 Å². The van der Waals surface area contributed by atoms with Crippen molar-refractivity contribution in [3.8, 4) is 0 Å². The van der Waals surface area contributed by atoms with E-state index < -0.39 is 5.97 Å². The summed E-state index contributed by atoms with van der Waals surface area (Å²) in [5.74, 6) is -0.823. The third-order valence-electron chi connectivity index (χ3n) is 3.36. The van der Waals surface area contributed by atoms with Crippen LogP contribution < -0.4 is 0 Å². The third-order valence-corrected chi connectivity index (χ3v) is 3.36. The lowest BCUT2D eigenvalue weighted by Gasteiger charge is -2.36. The van der Waals surface area contributed by atoms with Gasteiger partial charge in [-0.05, 0) is 13.8 Å². The highest BCUT2D eigenvalue weighted by molar-refractivity contribution is 5.74. The number of rotatable bonds is 7. The summed E-state index contributed by atoms with van der Waals surface area (Å²) in [6, 6.07) is 0.0159. The highest BCUT2D eigenvalue weighted by atomic mass is 16.5. The maximum atomic E-state index is 12.3. The van der Waals surface area contributed by atoms with Crippen LogP contribution in [0.25, 0.3) is 0 Å². The zero-order chi connectivity index (χ0) is 15.0. The van der Waals surface area contributed by atoms with Crippen LogP contribution in [0.5, 0.6) is 0 Å². The Balaban J connectivity index is 2.38. The van der Waals surface area contributed by atoms with Gasteiger partial charge in [-0.3, -0.25) is 9.69 Å². The lowest BCUT2D eigenvalue weighted by molar-refractivity contribution is -0.138. The highest BCUT2D eigenvalue weighted by Crippen LogP contribution is 2.06. The Bertz CT molecular complexity index is 317. The number of carboxylic acids is 1. The zero-order valence-corrected chi connectivity index (χ0v) is 12.4. The molecule has 0 aromatic heterocycles. The summed E-state index contributed by atoms with van der Waals surface area (Å²) in [4.78, 5) is 28.4. The number of carboxylic acid groups (broad SMARTS) is 1. The number of ether oxygens (including phenoxy) is 1. The molecule has 1 heterocycles. The number of likely N-dealkylation sites (N-methyl/N-ethyl adjacent to an activating group) is 1. The van der Waals surface area contributed by atoms with Gasteiger partial charge in [0.05, 0.1) is 13.2 Å². The Labute approximate surface area is 120 Å². The van der Waals surface area contributed by atoms with E-state index in [0.717, 1.165) is 0 Å². The van der Waals surface area contributed by atoms with Crippen molar-refractivity contribution in [2.24, 2.45) is 0 Å². The van der Waals surface area contributed by atoms with E-state index in [9.17, 15) is 9.59 Å². The molecule has 0 aromatic rings. The first-order valence-electron chi connectivity index (χ1n) is 7.14. The number of nitrogens with zero attached hydrogens (tertiary/aromatic N) is 3. The number of piperazine rings is 1. The van der Waals surface area contributed by atoms with Crippen molar-refractivity contribution in [2.75, 3.05) is 59.0 Å². The molecule has 20 heavy (non-hydrogen) atoms. The van der Waals surface area contributed by atoms with E-state index in [1.165, 1.54) is 0 Å². The number of aliphatic carboxylic acids is 1. The Morgan fingerprint density at radius 1 is 1.20 bits per heavy atom. The maximum Gasteiger partial charge on any atom is 0.320 e. The molecule has 0 aliphatic carbocycles. The van der Waals surface area contributed by atoms with Gasteiger partial charge in [-0.15, -0.1) is 0 Å². The summed E-state index contributed by atoms with van der Waals surface area (Å²) in [5.41, 5.74) is 0. The molecule has 7 heteroatoms. The summed E-state index contributed by atoms with van der Waals surface area (Å²) in [5, 5.41) is 8.74. The fourth-order valence-corrected chi connectivity index (χ4v) is 2.20. The second-order valence-electron chi connectivity index (χ2n) is 4.72. The van der Waals surface area contributed by atoms with Crippen LogP contribution in [0.1, 0.15) is 13.8 Å². The molecular formula is C13H25N3O4. The van der Waals surface area contributed by atoms with Crippen LogP contribution in [0, 0.1) is 0 Å². The summed E-state index contributed by atoms with van der Waals surface area (Å²) in [6.07, 6.45) is 0. The van der Waals surface area contributed by atoms with Crippen molar-refractivity contribution in [3.63, 3.8) is 0 Å². The number of amides is 2. The SMILES string of the molecule is CCOCCN(CC)C(=O)N1CCN(CC(=O)O)CC1. The molecule has 1 rings (SSSR count). The molecule has 1 aliphatic rings. The molecule has 0 unspecified atom stereocenters. The van der Waals surface area contributed by atoms with Crippen LogP contribution in [0.15, 0.2) is 0 Å². The van der Waals surface area contributed by atoms with Crippen LogP contribution in [0.3, 0.4) is 0 Å². The zero-order valence-electron chi connectivity index (χ0n) is 12.4. The molecule has 0 bridgehead atoms. The van der Waals surface area contributed by atoms with E-state index in [1.807, 2.05) is 18.7 Å². The average Bonchev–Trinajstić information content (AvgIpc) is 2.43. The van der Waals surface area contributed by atoms with Crippen molar-refractivity contribution in [1.29, 1.82) is 0 Å². The first kappa shape index (κ1) is 16.7. The molecule has 2 amide bonds. The Hall–Kier alpha value is -1.34. The predicted octanol–water partition coefficient (Wildman–Crippen LogP) is 0.167. The van der Waals surface area contributed by atoms with Gasteiger partial charge in [0.1, 0.15) is 0 Å². The van der Waals surface area contributed by atoms with Crippen LogP contribution in [-0.4, -0.2) is 90.8 Å². The quantitative estimate of drug-likeness (QED) is 0.676. The standard InChI is InChI=1S/C13H25N3O4/c1-3-15(9-10-20-4-2)13(19)16-7-5-14(6-8-16)11-12(17)18/h3-11H2,1-2H3,(H,17,18). The normalized spacial score (nSPS) is 16.2. The van der Waals surface area contributed by atoms with E-state index in [2.05, 4.69) is 0 Å². The molecule has 0 saturated carbocycles. The van der Waals surface area contributed by atoms with Gasteiger partial charge >= 0.3 is 12.0 Å². The van der Waals surface area contributed by atoms with Crippen LogP contribution >= 0.6 is 0 Å². The topological polar surface area (TPSA) is 73.3 Å². The molecular weight excluding hydrogens is 262 g/mol. The molecule has 1 fully saturated rings. The van der Waals surface area contributed by atoms with Crippen molar-refractivity contribution in [2.45, 2.75) is 13.8 Å². The predicted molar refractivity (Wildman–Crippen MR) is 74.8 cm³/mol. The monoisotopic (exact) mass is 287 g/mol. The largest absolute Gasteiger partial charge is 0.480 e. The van der Waals surface area contributed by atoms with Gasteiger partial charge in [0.2, 0.25) is 0 Å². The van der Waals surface area contributed by atoms with Gasteiger partial charge < -0.3 is 19.6 Å². The number of hydrogen-bond acceptors (Lipinski definition) is 4. The first-order valence-corrected chi connectivity index (χ1v) is 7.14. The molecule has 7 nitrogen and oxygen atoms in total. The molecule has 1 saturated heterocycles.